The van der Waals surface area contributed by atoms with Crippen molar-refractivity contribution in [1.29, 1.82) is 0 Å². The number of carbonyl (C=O) groups is 2. The molecule has 0 saturated carbocycles. The van der Waals surface area contributed by atoms with Crippen LogP contribution in [-0.2, 0) is 14.3 Å². The van der Waals surface area contributed by atoms with E-state index in [1.807, 2.05) is 11.0 Å². The topological polar surface area (TPSA) is 55.8 Å². The molecule has 5 heteroatoms. The highest BCUT2D eigenvalue weighted by atomic mass is 16.5. The van der Waals surface area contributed by atoms with Gasteiger partial charge in [0.25, 0.3) is 0 Å². The molecule has 1 aromatic rings. The van der Waals surface area contributed by atoms with Crippen molar-refractivity contribution in [2.24, 2.45) is 0 Å². The summed E-state index contributed by atoms with van der Waals surface area (Å²) in [5.74, 6) is -0.714. The monoisotopic (exact) mass is 275 g/mol. The van der Waals surface area contributed by atoms with Crippen molar-refractivity contribution in [3.8, 4) is 0 Å². The van der Waals surface area contributed by atoms with Crippen LogP contribution < -0.4 is 0 Å². The lowest BCUT2D eigenvalue weighted by atomic mass is 10.1. The fourth-order valence-corrected chi connectivity index (χ4v) is 2.00. The van der Waals surface area contributed by atoms with Crippen LogP contribution in [0.2, 0.25) is 0 Å². The van der Waals surface area contributed by atoms with Gasteiger partial charge in [0, 0.05) is 24.7 Å². The summed E-state index contributed by atoms with van der Waals surface area (Å²) in [7, 11) is 1.31. The number of hydrogen-bond donors (Lipinski definition) is 0. The Balaban J connectivity index is 2.23. The van der Waals surface area contributed by atoms with Gasteiger partial charge in [-0.3, -0.25) is 4.79 Å². The molecule has 1 aliphatic rings. The first-order chi connectivity index (χ1) is 9.72. The zero-order valence-electron chi connectivity index (χ0n) is 11.4. The smallest absolute Gasteiger partial charge is 0.354 e. The van der Waals surface area contributed by atoms with Crippen LogP contribution in [0.15, 0.2) is 42.1 Å². The number of benzene rings is 1. The van der Waals surface area contributed by atoms with E-state index in [2.05, 4.69) is 0 Å². The Hall–Kier alpha value is -2.14. The first-order valence-electron chi connectivity index (χ1n) is 6.44. The van der Waals surface area contributed by atoms with Crippen molar-refractivity contribution in [3.05, 3.63) is 47.7 Å². The van der Waals surface area contributed by atoms with Crippen molar-refractivity contribution in [3.63, 3.8) is 0 Å². The van der Waals surface area contributed by atoms with Crippen LogP contribution >= 0.6 is 0 Å². The lowest BCUT2D eigenvalue weighted by Gasteiger charge is -2.29. The third-order valence-electron chi connectivity index (χ3n) is 3.07. The highest BCUT2D eigenvalue weighted by Crippen LogP contribution is 2.12. The van der Waals surface area contributed by atoms with Crippen LogP contribution in [0.25, 0.3) is 0 Å². The quantitative estimate of drug-likeness (QED) is 0.470. The summed E-state index contributed by atoms with van der Waals surface area (Å²) >= 11 is 0. The van der Waals surface area contributed by atoms with Gasteiger partial charge in [0.2, 0.25) is 0 Å². The highest BCUT2D eigenvalue weighted by molar-refractivity contribution is 6.08. The molecule has 1 aromatic carbocycles. The van der Waals surface area contributed by atoms with E-state index in [4.69, 9.17) is 9.47 Å². The minimum absolute atomic E-state index is 0.211. The van der Waals surface area contributed by atoms with Gasteiger partial charge in [0.15, 0.2) is 5.78 Å². The first-order valence-corrected chi connectivity index (χ1v) is 6.44. The van der Waals surface area contributed by atoms with Gasteiger partial charge in [-0.25, -0.2) is 4.79 Å². The summed E-state index contributed by atoms with van der Waals surface area (Å²) in [6, 6.07) is 8.84. The van der Waals surface area contributed by atoms with Gasteiger partial charge in [-0.2, -0.15) is 0 Å². The molecule has 1 heterocycles. The molecule has 1 aliphatic heterocycles. The molecule has 2 rings (SSSR count). The van der Waals surface area contributed by atoms with Crippen molar-refractivity contribution in [2.75, 3.05) is 33.4 Å². The second-order valence-electron chi connectivity index (χ2n) is 4.35. The number of ether oxygens (including phenoxy) is 2. The average molecular weight is 275 g/mol. The first kappa shape index (κ1) is 14.3. The largest absolute Gasteiger partial charge is 0.464 e. The summed E-state index contributed by atoms with van der Waals surface area (Å²) in [6.45, 7) is 2.22. The van der Waals surface area contributed by atoms with Gasteiger partial charge < -0.3 is 14.4 Å². The van der Waals surface area contributed by atoms with Crippen LogP contribution in [0.5, 0.6) is 0 Å². The van der Waals surface area contributed by atoms with Gasteiger partial charge in [-0.15, -0.1) is 0 Å². The number of carbonyl (C=O) groups excluding carboxylic acids is 2. The van der Waals surface area contributed by atoms with E-state index in [-0.39, 0.29) is 11.5 Å². The maximum absolute atomic E-state index is 12.2. The molecule has 0 amide bonds. The Labute approximate surface area is 117 Å². The maximum atomic E-state index is 12.2. The summed E-state index contributed by atoms with van der Waals surface area (Å²) in [5.41, 5.74) is 0.826. The van der Waals surface area contributed by atoms with Crippen LogP contribution in [0, 0.1) is 0 Å². The molecule has 20 heavy (non-hydrogen) atoms. The second kappa shape index (κ2) is 6.86. The fourth-order valence-electron chi connectivity index (χ4n) is 2.00. The number of hydrogen-bond acceptors (Lipinski definition) is 5. The summed E-state index contributed by atoms with van der Waals surface area (Å²) in [5, 5.41) is 0. The number of morpholine rings is 1. The van der Waals surface area contributed by atoms with Gasteiger partial charge in [0.05, 0.1) is 20.3 Å². The third-order valence-corrected chi connectivity index (χ3v) is 3.07. The Morgan fingerprint density at radius 2 is 1.85 bits per heavy atom. The van der Waals surface area contributed by atoms with Crippen LogP contribution in [0.4, 0.5) is 0 Å². The van der Waals surface area contributed by atoms with E-state index in [0.29, 0.717) is 31.9 Å². The molecule has 0 radical (unpaired) electrons. The third kappa shape index (κ3) is 3.45. The van der Waals surface area contributed by atoms with E-state index in [0.717, 1.165) is 0 Å². The molecule has 0 atom stereocenters. The zero-order valence-corrected chi connectivity index (χ0v) is 11.4. The summed E-state index contributed by atoms with van der Waals surface area (Å²) < 4.78 is 10.0. The maximum Gasteiger partial charge on any atom is 0.354 e. The normalized spacial score (nSPS) is 15.8. The molecule has 5 nitrogen and oxygen atoms in total. The number of esters is 1. The molecule has 1 saturated heterocycles. The van der Waals surface area contributed by atoms with Gasteiger partial charge in [0.1, 0.15) is 5.70 Å². The summed E-state index contributed by atoms with van der Waals surface area (Å²) in [4.78, 5) is 25.8. The number of rotatable bonds is 4. The van der Waals surface area contributed by atoms with Gasteiger partial charge >= 0.3 is 5.97 Å². The molecular formula is C15H17NO4. The zero-order chi connectivity index (χ0) is 14.4. The SMILES string of the molecule is COC(=O)/C(=C\C(=O)c1ccccc1)N1CCOCC1. The minimum atomic E-state index is -0.504. The fraction of sp³-hybridized carbons (Fsp3) is 0.333. The molecule has 106 valence electrons. The standard InChI is InChI=1S/C15H17NO4/c1-19-15(18)13(16-7-9-20-10-8-16)11-14(17)12-5-3-2-4-6-12/h2-6,11H,7-10H2,1H3/b13-11+. The van der Waals surface area contributed by atoms with Crippen molar-refractivity contribution >= 4 is 11.8 Å². The van der Waals surface area contributed by atoms with Crippen LogP contribution in [-0.4, -0.2) is 50.1 Å². The molecule has 0 N–H and O–H groups in total. The molecular weight excluding hydrogens is 258 g/mol. The van der Waals surface area contributed by atoms with Gasteiger partial charge in [-0.1, -0.05) is 30.3 Å². The van der Waals surface area contributed by atoms with Crippen LogP contribution in [0.1, 0.15) is 10.4 Å². The molecule has 0 unspecified atom stereocenters. The predicted octanol–water partition coefficient (Wildman–Crippen LogP) is 1.26. The van der Waals surface area contributed by atoms with E-state index >= 15 is 0 Å². The van der Waals surface area contributed by atoms with Crippen molar-refractivity contribution in [1.82, 2.24) is 4.90 Å². The lowest BCUT2D eigenvalue weighted by molar-refractivity contribution is -0.138. The molecule has 0 bridgehead atoms. The van der Waals surface area contributed by atoms with Crippen molar-refractivity contribution < 1.29 is 19.1 Å². The number of methoxy groups -OCH3 is 1. The average Bonchev–Trinajstić information content (AvgIpc) is 2.53. The molecule has 1 fully saturated rings. The second-order valence-corrected chi connectivity index (χ2v) is 4.35. The number of allylic oxidation sites excluding steroid dienone is 1. The van der Waals surface area contributed by atoms with E-state index < -0.39 is 5.97 Å². The number of ketones is 1. The number of nitrogens with zero attached hydrogens (tertiary/aromatic N) is 1. The Morgan fingerprint density at radius 3 is 2.45 bits per heavy atom. The summed E-state index contributed by atoms with van der Waals surface area (Å²) in [6.07, 6.45) is 1.34. The predicted molar refractivity (Wildman–Crippen MR) is 73.3 cm³/mol. The van der Waals surface area contributed by atoms with E-state index in [1.54, 1.807) is 24.3 Å². The molecule has 0 spiro atoms. The van der Waals surface area contributed by atoms with Crippen molar-refractivity contribution in [2.45, 2.75) is 0 Å². The molecule has 0 aliphatic carbocycles. The Bertz CT molecular complexity index is 504. The van der Waals surface area contributed by atoms with E-state index in [9.17, 15) is 9.59 Å². The minimum Gasteiger partial charge on any atom is -0.464 e. The Morgan fingerprint density at radius 1 is 1.20 bits per heavy atom. The lowest BCUT2D eigenvalue weighted by Crippen LogP contribution is -2.38. The Kier molecular flexibility index (Phi) is 4.90. The van der Waals surface area contributed by atoms with Crippen LogP contribution in [0.3, 0.4) is 0 Å². The van der Waals surface area contributed by atoms with E-state index in [1.165, 1.54) is 13.2 Å². The molecule has 0 aromatic heterocycles. The van der Waals surface area contributed by atoms with Gasteiger partial charge in [-0.05, 0) is 0 Å². The highest BCUT2D eigenvalue weighted by Gasteiger charge is 2.22.